The van der Waals surface area contributed by atoms with Gasteiger partial charge in [-0.1, -0.05) is 115 Å². The lowest BCUT2D eigenvalue weighted by Gasteiger charge is -2.47. The average molecular weight is 657 g/mol. The molecule has 1 fully saturated rings. The monoisotopic (exact) mass is 657 g/mol. The van der Waals surface area contributed by atoms with Crippen LogP contribution in [0.3, 0.4) is 0 Å². The third kappa shape index (κ3) is 5.13. The molecule has 0 spiro atoms. The van der Waals surface area contributed by atoms with E-state index in [4.69, 9.17) is 15.0 Å². The summed E-state index contributed by atoms with van der Waals surface area (Å²) in [6, 6.07) is 0.137. The van der Waals surface area contributed by atoms with Crippen LogP contribution in [0, 0.1) is 45.3 Å². The van der Waals surface area contributed by atoms with Gasteiger partial charge in [-0.3, -0.25) is 15.0 Å². The van der Waals surface area contributed by atoms with Crippen molar-refractivity contribution >= 4 is 17.1 Å². The number of rotatable bonds is 10. The summed E-state index contributed by atoms with van der Waals surface area (Å²) in [5, 5.41) is 4.17. The number of nitrogens with one attached hydrogen (secondary N) is 1. The van der Waals surface area contributed by atoms with Gasteiger partial charge in [-0.2, -0.15) is 0 Å². The molecule has 5 rings (SSSR count). The van der Waals surface area contributed by atoms with E-state index in [2.05, 4.69) is 115 Å². The van der Waals surface area contributed by atoms with Crippen molar-refractivity contribution in [3.05, 3.63) is 34.3 Å². The molecule has 1 saturated heterocycles. The second-order valence-electron chi connectivity index (χ2n) is 18.2. The molecule has 268 valence electrons. The molecule has 5 aliphatic rings. The maximum Gasteiger partial charge on any atom is 0.0866 e. The van der Waals surface area contributed by atoms with Crippen molar-refractivity contribution < 1.29 is 0 Å². The predicted molar refractivity (Wildman–Crippen MR) is 209 cm³/mol. The van der Waals surface area contributed by atoms with E-state index in [0.717, 1.165) is 51.4 Å². The maximum atomic E-state index is 6.04. The summed E-state index contributed by atoms with van der Waals surface area (Å²) in [5.41, 5.74) is 10.4. The Balaban J connectivity index is 1.94. The van der Waals surface area contributed by atoms with Crippen molar-refractivity contribution in [3.63, 3.8) is 0 Å². The van der Waals surface area contributed by atoms with Crippen molar-refractivity contribution in [2.45, 2.75) is 180 Å². The molecule has 8 atom stereocenters. The lowest BCUT2D eigenvalue weighted by atomic mass is 9.57. The number of nitrogens with zero attached hydrogens (tertiary/aromatic N) is 3. The first kappa shape index (κ1) is 37.3. The molecule has 1 unspecified atom stereocenters. The van der Waals surface area contributed by atoms with Gasteiger partial charge >= 0.3 is 0 Å². The molecule has 0 aromatic carbocycles. The largest absolute Gasteiger partial charge is 0.361 e. The van der Waals surface area contributed by atoms with Crippen LogP contribution in [-0.2, 0) is 0 Å². The van der Waals surface area contributed by atoms with Crippen LogP contribution in [0.1, 0.15) is 168 Å². The van der Waals surface area contributed by atoms with Crippen molar-refractivity contribution in [2.75, 3.05) is 0 Å². The molecule has 0 saturated carbocycles. The molecular formula is C44H72N4. The molecule has 0 aromatic heterocycles. The maximum absolute atomic E-state index is 6.04. The topological polar surface area (TPSA) is 49.1 Å². The van der Waals surface area contributed by atoms with Gasteiger partial charge in [0.25, 0.3) is 0 Å². The molecule has 48 heavy (non-hydrogen) atoms. The summed E-state index contributed by atoms with van der Waals surface area (Å²) in [7, 11) is 0. The third-order valence-electron chi connectivity index (χ3n) is 15.0. The highest BCUT2D eigenvalue weighted by molar-refractivity contribution is 6.09. The van der Waals surface area contributed by atoms with Crippen LogP contribution < -0.4 is 5.32 Å². The number of aliphatic imine (C=N–C) groups is 3. The first-order valence-electron chi connectivity index (χ1n) is 20.2. The van der Waals surface area contributed by atoms with Gasteiger partial charge in [-0.25, -0.2) is 0 Å². The molecule has 4 heteroatoms. The van der Waals surface area contributed by atoms with Gasteiger partial charge in [-0.15, -0.1) is 0 Å². The number of fused-ring (bicyclic) bond motifs is 6. The van der Waals surface area contributed by atoms with Crippen LogP contribution in [0.2, 0.25) is 0 Å². The molecule has 0 amide bonds. The Bertz CT molecular complexity index is 1460. The SMILES string of the molecule is CCC[C@@H]1C2=C(C)C3=NC([C@H](CC)[C@@]3(C)CCC)[C@]3(C)N=C(C(C)=C4NC(=CC(=N2)C1(C)C)[C@@H](CCC)[C@]4(C)CC)[C@@H](CCC)C3(C)C. The normalized spacial score (nSPS) is 38.4. The molecule has 5 aliphatic heterocycles. The Morgan fingerprint density at radius 1 is 0.729 bits per heavy atom. The summed E-state index contributed by atoms with van der Waals surface area (Å²) >= 11 is 0. The zero-order valence-corrected chi connectivity index (χ0v) is 33.9. The molecule has 0 aliphatic carbocycles. The van der Waals surface area contributed by atoms with E-state index in [9.17, 15) is 0 Å². The minimum Gasteiger partial charge on any atom is -0.361 e. The van der Waals surface area contributed by atoms with Crippen molar-refractivity contribution in [1.29, 1.82) is 0 Å². The van der Waals surface area contributed by atoms with Crippen LogP contribution in [0.4, 0.5) is 0 Å². The fourth-order valence-electron chi connectivity index (χ4n) is 11.5. The molecule has 1 N–H and O–H groups in total. The second-order valence-corrected chi connectivity index (χ2v) is 18.2. The molecule has 4 nitrogen and oxygen atoms in total. The van der Waals surface area contributed by atoms with E-state index in [0.29, 0.717) is 23.7 Å². The highest BCUT2D eigenvalue weighted by Gasteiger charge is 2.63. The number of hydrogen-bond donors (Lipinski definition) is 1. The standard InChI is InChI=1S/C44H72N4/c1-16-22-30-33-26-34-40(9,10)31(23-17-2)35(46-34)27(7)38-43(14,25-19-4)29(20-5)39(47-38)44(15)41(11,12)32(24-18-3)36(48-44)28(8)37(45-33)42(30,13)21-6/h26,29-32,39,45H,16-25H2,1-15H3/t29-,30+,31+,32+,39?,42-,43+,44-/m0/s1. The van der Waals surface area contributed by atoms with Gasteiger partial charge in [0.15, 0.2) is 0 Å². The average Bonchev–Trinajstić information content (AvgIpc) is 3.64. The summed E-state index contributed by atoms with van der Waals surface area (Å²) in [6.07, 6.45) is 14.0. The second kappa shape index (κ2) is 13.0. The lowest BCUT2D eigenvalue weighted by molar-refractivity contribution is 0.0858. The van der Waals surface area contributed by atoms with Crippen molar-refractivity contribution in [2.24, 2.45) is 60.3 Å². The van der Waals surface area contributed by atoms with E-state index >= 15 is 0 Å². The fraction of sp³-hybridized carbons (Fsp3) is 0.795. The van der Waals surface area contributed by atoms with Gasteiger partial charge in [0.1, 0.15) is 0 Å². The van der Waals surface area contributed by atoms with E-state index in [-0.39, 0.29) is 33.2 Å². The molecule has 0 radical (unpaired) electrons. The Morgan fingerprint density at radius 3 is 1.90 bits per heavy atom. The van der Waals surface area contributed by atoms with E-state index in [1.807, 2.05) is 0 Å². The smallest absolute Gasteiger partial charge is 0.0866 e. The molecule has 8 bridgehead atoms. The molecule has 0 aromatic rings. The summed E-state index contributed by atoms with van der Waals surface area (Å²) in [5.74, 6) is 1.65. The highest BCUT2D eigenvalue weighted by atomic mass is 15.1. The Kier molecular flexibility index (Phi) is 10.1. The van der Waals surface area contributed by atoms with Gasteiger partial charge < -0.3 is 5.32 Å². The van der Waals surface area contributed by atoms with Crippen LogP contribution in [0.15, 0.2) is 49.3 Å². The summed E-state index contributed by atoms with van der Waals surface area (Å²) < 4.78 is 0. The Labute approximate surface area is 296 Å². The molecule has 5 heterocycles. The number of allylic oxidation sites excluding steroid dienone is 6. The van der Waals surface area contributed by atoms with E-state index in [1.54, 1.807) is 0 Å². The summed E-state index contributed by atoms with van der Waals surface area (Å²) in [6.45, 7) is 36.6. The Hall–Kier alpha value is -1.97. The quantitative estimate of drug-likeness (QED) is 0.250. The van der Waals surface area contributed by atoms with Crippen LogP contribution in [0.5, 0.6) is 0 Å². The zero-order chi connectivity index (χ0) is 35.6. The highest BCUT2D eigenvalue weighted by Crippen LogP contribution is 2.61. The zero-order valence-electron chi connectivity index (χ0n) is 33.9. The van der Waals surface area contributed by atoms with Gasteiger partial charge in [-0.05, 0) is 76.0 Å². The summed E-state index contributed by atoms with van der Waals surface area (Å²) in [4.78, 5) is 17.8. The third-order valence-corrected chi connectivity index (χ3v) is 15.0. The van der Waals surface area contributed by atoms with Crippen molar-refractivity contribution in [3.8, 4) is 0 Å². The Morgan fingerprint density at radius 2 is 1.33 bits per heavy atom. The van der Waals surface area contributed by atoms with E-state index in [1.165, 1.54) is 58.2 Å². The van der Waals surface area contributed by atoms with Crippen molar-refractivity contribution in [1.82, 2.24) is 5.32 Å². The van der Waals surface area contributed by atoms with Gasteiger partial charge in [0.05, 0.1) is 11.6 Å². The van der Waals surface area contributed by atoms with Crippen LogP contribution >= 0.6 is 0 Å². The van der Waals surface area contributed by atoms with Gasteiger partial charge in [0.2, 0.25) is 0 Å². The minimum atomic E-state index is -0.304. The predicted octanol–water partition coefficient (Wildman–Crippen LogP) is 12.1. The first-order valence-corrected chi connectivity index (χ1v) is 20.2. The van der Waals surface area contributed by atoms with E-state index < -0.39 is 0 Å². The van der Waals surface area contributed by atoms with Crippen LogP contribution in [-0.4, -0.2) is 28.7 Å². The lowest BCUT2D eigenvalue weighted by Crippen LogP contribution is -2.52. The van der Waals surface area contributed by atoms with Gasteiger partial charge in [0, 0.05) is 73.6 Å². The first-order chi connectivity index (χ1) is 22.5. The molecular weight excluding hydrogens is 585 g/mol. The fourth-order valence-corrected chi connectivity index (χ4v) is 11.5. The van der Waals surface area contributed by atoms with Crippen LogP contribution in [0.25, 0.3) is 0 Å². The minimum absolute atomic E-state index is 0.00131. The number of hydrogen-bond acceptors (Lipinski definition) is 4.